The molecule has 3 N–H and O–H groups in total. The molecule has 0 aromatic carbocycles. The van der Waals surface area contributed by atoms with Crippen molar-refractivity contribution in [2.75, 3.05) is 12.4 Å². The fourth-order valence-electron chi connectivity index (χ4n) is 1.12. The van der Waals surface area contributed by atoms with Gasteiger partial charge in [-0.3, -0.25) is 4.79 Å². The average molecular weight is 239 g/mol. The SMILES string of the molecule is CCC(C)(CCO)NS(=O)(=O)CC(=O)O. The van der Waals surface area contributed by atoms with E-state index in [1.165, 1.54) is 0 Å². The van der Waals surface area contributed by atoms with Gasteiger partial charge in [0.15, 0.2) is 5.75 Å². The first-order chi connectivity index (χ1) is 6.74. The van der Waals surface area contributed by atoms with Gasteiger partial charge in [-0.1, -0.05) is 6.92 Å². The Bertz CT molecular complexity index is 313. The van der Waals surface area contributed by atoms with Crippen LogP contribution in [0.3, 0.4) is 0 Å². The second-order valence-electron chi connectivity index (χ2n) is 3.64. The van der Waals surface area contributed by atoms with E-state index in [1.807, 2.05) is 0 Å². The number of hydrogen-bond donors (Lipinski definition) is 3. The van der Waals surface area contributed by atoms with E-state index in [0.29, 0.717) is 6.42 Å². The molecule has 0 heterocycles. The second-order valence-corrected chi connectivity index (χ2v) is 5.37. The number of carbonyl (C=O) groups is 1. The van der Waals surface area contributed by atoms with Gasteiger partial charge in [-0.2, -0.15) is 0 Å². The van der Waals surface area contributed by atoms with Gasteiger partial charge in [0, 0.05) is 12.1 Å². The molecule has 0 aromatic heterocycles. The first-order valence-corrected chi connectivity index (χ1v) is 6.24. The number of hydrogen-bond acceptors (Lipinski definition) is 4. The Balaban J connectivity index is 4.60. The fraction of sp³-hybridized carbons (Fsp3) is 0.875. The minimum atomic E-state index is -3.83. The lowest BCUT2D eigenvalue weighted by atomic mass is 9.97. The van der Waals surface area contributed by atoms with Crippen LogP contribution in [0.15, 0.2) is 0 Å². The zero-order valence-electron chi connectivity index (χ0n) is 8.86. The highest BCUT2D eigenvalue weighted by molar-refractivity contribution is 7.90. The number of nitrogens with one attached hydrogen (secondary N) is 1. The molecule has 0 saturated heterocycles. The summed E-state index contributed by atoms with van der Waals surface area (Å²) in [4.78, 5) is 10.3. The van der Waals surface area contributed by atoms with Gasteiger partial charge in [0.25, 0.3) is 0 Å². The molecule has 0 fully saturated rings. The Kier molecular flexibility index (Phi) is 5.19. The molecule has 0 amide bonds. The monoisotopic (exact) mass is 239 g/mol. The molecule has 0 radical (unpaired) electrons. The molecule has 0 aliphatic rings. The van der Waals surface area contributed by atoms with Crippen molar-refractivity contribution in [1.29, 1.82) is 0 Å². The number of aliphatic carboxylic acids is 1. The van der Waals surface area contributed by atoms with Crippen molar-refractivity contribution < 1.29 is 23.4 Å². The summed E-state index contributed by atoms with van der Waals surface area (Å²) in [7, 11) is -3.83. The number of aliphatic hydroxyl groups is 1. The van der Waals surface area contributed by atoms with E-state index in [2.05, 4.69) is 4.72 Å². The van der Waals surface area contributed by atoms with Crippen LogP contribution in [-0.2, 0) is 14.8 Å². The van der Waals surface area contributed by atoms with Crippen LogP contribution in [0, 0.1) is 0 Å². The highest BCUT2D eigenvalue weighted by Gasteiger charge is 2.28. The Morgan fingerprint density at radius 2 is 2.00 bits per heavy atom. The van der Waals surface area contributed by atoms with E-state index in [1.54, 1.807) is 13.8 Å². The van der Waals surface area contributed by atoms with E-state index in [9.17, 15) is 13.2 Å². The Labute approximate surface area is 89.4 Å². The van der Waals surface area contributed by atoms with Crippen molar-refractivity contribution in [3.05, 3.63) is 0 Å². The minimum Gasteiger partial charge on any atom is -0.480 e. The van der Waals surface area contributed by atoms with Crippen LogP contribution in [0.4, 0.5) is 0 Å². The number of aliphatic hydroxyl groups excluding tert-OH is 1. The maximum absolute atomic E-state index is 11.3. The van der Waals surface area contributed by atoms with Gasteiger partial charge in [-0.25, -0.2) is 13.1 Å². The van der Waals surface area contributed by atoms with Crippen LogP contribution >= 0.6 is 0 Å². The van der Waals surface area contributed by atoms with E-state index < -0.39 is 27.3 Å². The lowest BCUT2D eigenvalue weighted by molar-refractivity contribution is -0.134. The molecule has 90 valence electrons. The number of carboxylic acid groups (broad SMARTS) is 1. The summed E-state index contributed by atoms with van der Waals surface area (Å²) in [5.74, 6) is -2.35. The first kappa shape index (κ1) is 14.3. The smallest absolute Gasteiger partial charge is 0.320 e. The molecule has 0 saturated carbocycles. The van der Waals surface area contributed by atoms with Gasteiger partial charge in [0.2, 0.25) is 10.0 Å². The van der Waals surface area contributed by atoms with Crippen molar-refractivity contribution in [3.63, 3.8) is 0 Å². The van der Waals surface area contributed by atoms with Crippen molar-refractivity contribution in [1.82, 2.24) is 4.72 Å². The van der Waals surface area contributed by atoms with Gasteiger partial charge in [0.05, 0.1) is 0 Å². The Morgan fingerprint density at radius 1 is 1.47 bits per heavy atom. The third-order valence-corrected chi connectivity index (χ3v) is 3.59. The van der Waals surface area contributed by atoms with Crippen molar-refractivity contribution in [2.24, 2.45) is 0 Å². The van der Waals surface area contributed by atoms with Crippen LogP contribution in [-0.4, -0.2) is 42.5 Å². The summed E-state index contributed by atoms with van der Waals surface area (Å²) < 4.78 is 24.9. The van der Waals surface area contributed by atoms with Gasteiger partial charge < -0.3 is 10.2 Å². The third kappa shape index (κ3) is 5.71. The third-order valence-electron chi connectivity index (χ3n) is 2.16. The predicted octanol–water partition coefficient (Wildman–Crippen LogP) is -0.458. The van der Waals surface area contributed by atoms with Crippen LogP contribution in [0.1, 0.15) is 26.7 Å². The van der Waals surface area contributed by atoms with Gasteiger partial charge in [-0.05, 0) is 19.8 Å². The highest BCUT2D eigenvalue weighted by atomic mass is 32.2. The maximum Gasteiger partial charge on any atom is 0.320 e. The molecule has 0 aromatic rings. The Morgan fingerprint density at radius 3 is 2.33 bits per heavy atom. The molecule has 15 heavy (non-hydrogen) atoms. The van der Waals surface area contributed by atoms with E-state index in [4.69, 9.17) is 10.2 Å². The number of rotatable bonds is 7. The van der Waals surface area contributed by atoms with Crippen LogP contribution in [0.5, 0.6) is 0 Å². The largest absolute Gasteiger partial charge is 0.480 e. The molecule has 0 spiro atoms. The summed E-state index contributed by atoms with van der Waals surface area (Å²) in [5, 5.41) is 17.1. The molecular weight excluding hydrogens is 222 g/mol. The lowest BCUT2D eigenvalue weighted by Gasteiger charge is -2.28. The molecule has 0 rings (SSSR count). The van der Waals surface area contributed by atoms with Gasteiger partial charge >= 0.3 is 5.97 Å². The van der Waals surface area contributed by atoms with Crippen molar-refractivity contribution in [3.8, 4) is 0 Å². The summed E-state index contributed by atoms with van der Waals surface area (Å²) in [5.41, 5.74) is -0.789. The van der Waals surface area contributed by atoms with Gasteiger partial charge in [0.1, 0.15) is 0 Å². The fourth-order valence-corrected chi connectivity index (χ4v) is 2.52. The highest BCUT2D eigenvalue weighted by Crippen LogP contribution is 2.15. The van der Waals surface area contributed by atoms with Crippen LogP contribution < -0.4 is 4.72 Å². The molecule has 1 unspecified atom stereocenters. The standard InChI is InChI=1S/C8H17NO5S/c1-3-8(2,4-5-10)9-15(13,14)6-7(11)12/h9-10H,3-6H2,1-2H3,(H,11,12). The molecule has 0 aliphatic heterocycles. The summed E-state index contributed by atoms with van der Waals surface area (Å²) in [6, 6.07) is 0. The first-order valence-electron chi connectivity index (χ1n) is 4.59. The van der Waals surface area contributed by atoms with Gasteiger partial charge in [-0.15, -0.1) is 0 Å². The zero-order valence-corrected chi connectivity index (χ0v) is 9.67. The lowest BCUT2D eigenvalue weighted by Crippen LogP contribution is -2.47. The molecule has 0 aliphatic carbocycles. The molecule has 1 atom stereocenters. The summed E-state index contributed by atoms with van der Waals surface area (Å²) in [6.45, 7) is 3.24. The topological polar surface area (TPSA) is 104 Å². The molecule has 6 nitrogen and oxygen atoms in total. The normalized spacial score (nSPS) is 15.9. The zero-order chi connectivity index (χ0) is 12.1. The summed E-state index contributed by atoms with van der Waals surface area (Å²) >= 11 is 0. The number of carboxylic acids is 1. The maximum atomic E-state index is 11.3. The van der Waals surface area contributed by atoms with Crippen molar-refractivity contribution >= 4 is 16.0 Å². The molecule has 7 heteroatoms. The molecular formula is C8H17NO5S. The number of sulfonamides is 1. The second kappa shape index (κ2) is 5.43. The minimum absolute atomic E-state index is 0.153. The van der Waals surface area contributed by atoms with E-state index >= 15 is 0 Å². The van der Waals surface area contributed by atoms with Crippen molar-refractivity contribution in [2.45, 2.75) is 32.2 Å². The summed E-state index contributed by atoms with van der Waals surface area (Å²) in [6.07, 6.45) is 0.731. The van der Waals surface area contributed by atoms with E-state index in [-0.39, 0.29) is 13.0 Å². The predicted molar refractivity (Wildman–Crippen MR) is 55.0 cm³/mol. The quantitative estimate of drug-likeness (QED) is 0.558. The van der Waals surface area contributed by atoms with Crippen LogP contribution in [0.25, 0.3) is 0 Å². The average Bonchev–Trinajstić information content (AvgIpc) is 2.00. The van der Waals surface area contributed by atoms with E-state index in [0.717, 1.165) is 0 Å². The Hall–Kier alpha value is -0.660. The van der Waals surface area contributed by atoms with Crippen LogP contribution in [0.2, 0.25) is 0 Å². The molecule has 0 bridgehead atoms.